The van der Waals surface area contributed by atoms with Crippen molar-refractivity contribution in [1.82, 2.24) is 0 Å². The third-order valence-corrected chi connectivity index (χ3v) is 3.90. The smallest absolute Gasteiger partial charge is 0.194 e. The minimum absolute atomic E-state index is 0.0914. The number of hydrogen-bond acceptors (Lipinski definition) is 1. The Morgan fingerprint density at radius 1 is 1.00 bits per heavy atom. The number of benzene rings is 2. The van der Waals surface area contributed by atoms with Crippen molar-refractivity contribution in [3.63, 3.8) is 0 Å². The highest BCUT2D eigenvalue weighted by molar-refractivity contribution is 14.1. The van der Waals surface area contributed by atoms with Crippen LogP contribution in [0.5, 0.6) is 0 Å². The second kappa shape index (κ2) is 4.78. The van der Waals surface area contributed by atoms with E-state index in [1.54, 1.807) is 0 Å². The average Bonchev–Trinajstić information content (AvgIpc) is 2.33. The molecule has 0 aliphatic carbocycles. The van der Waals surface area contributed by atoms with Gasteiger partial charge in [0.05, 0.1) is 0 Å². The summed E-state index contributed by atoms with van der Waals surface area (Å²) in [5.74, 6) is 0.0914. The zero-order valence-corrected chi connectivity index (χ0v) is 11.1. The van der Waals surface area contributed by atoms with Gasteiger partial charge in [-0.05, 0) is 41.1 Å². The first kappa shape index (κ1) is 11.3. The molecule has 0 aliphatic rings. The van der Waals surface area contributed by atoms with E-state index in [9.17, 15) is 4.79 Å². The molecule has 0 aliphatic heterocycles. The van der Waals surface area contributed by atoms with Gasteiger partial charge in [-0.3, -0.25) is 4.79 Å². The minimum atomic E-state index is 0.0914. The summed E-state index contributed by atoms with van der Waals surface area (Å²) in [6.07, 6.45) is 0. The van der Waals surface area contributed by atoms with Crippen LogP contribution in [0.1, 0.15) is 21.5 Å². The Morgan fingerprint density at radius 3 is 2.38 bits per heavy atom. The number of aryl methyl sites for hydroxylation is 1. The molecule has 16 heavy (non-hydrogen) atoms. The summed E-state index contributed by atoms with van der Waals surface area (Å²) < 4.78 is 1.04. The number of hydrogen-bond donors (Lipinski definition) is 0. The first-order chi connectivity index (χ1) is 7.70. The van der Waals surface area contributed by atoms with Gasteiger partial charge in [0.1, 0.15) is 0 Å². The number of carbonyl (C=O) groups is 1. The van der Waals surface area contributed by atoms with Gasteiger partial charge in [0.15, 0.2) is 5.78 Å². The Kier molecular flexibility index (Phi) is 3.39. The Bertz CT molecular complexity index is 518. The molecule has 0 unspecified atom stereocenters. The van der Waals surface area contributed by atoms with Gasteiger partial charge in [-0.2, -0.15) is 0 Å². The molecule has 0 saturated heterocycles. The third kappa shape index (κ3) is 2.16. The maximum atomic E-state index is 12.2. The van der Waals surface area contributed by atoms with Crippen molar-refractivity contribution in [3.8, 4) is 0 Å². The fraction of sp³-hybridized carbons (Fsp3) is 0.0714. The summed E-state index contributed by atoms with van der Waals surface area (Å²) in [6.45, 7) is 2.02. The second-order valence-electron chi connectivity index (χ2n) is 3.63. The van der Waals surface area contributed by atoms with Gasteiger partial charge in [0.2, 0.25) is 0 Å². The normalized spacial score (nSPS) is 10.1. The van der Waals surface area contributed by atoms with Crippen molar-refractivity contribution in [2.75, 3.05) is 0 Å². The van der Waals surface area contributed by atoms with E-state index in [0.717, 1.165) is 20.3 Å². The number of carbonyl (C=O) groups excluding carboxylic acids is 1. The van der Waals surface area contributed by atoms with Crippen LogP contribution >= 0.6 is 22.6 Å². The summed E-state index contributed by atoms with van der Waals surface area (Å²) in [5.41, 5.74) is 2.67. The van der Waals surface area contributed by atoms with Crippen LogP contribution in [0.2, 0.25) is 0 Å². The SMILES string of the molecule is Cc1cccc(C(=O)c2ccccc2)c1I. The molecule has 80 valence electrons. The van der Waals surface area contributed by atoms with Gasteiger partial charge in [-0.1, -0.05) is 42.5 Å². The Hall–Kier alpha value is -1.16. The molecule has 2 aromatic carbocycles. The van der Waals surface area contributed by atoms with E-state index in [0.29, 0.717) is 0 Å². The van der Waals surface area contributed by atoms with Gasteiger partial charge in [-0.15, -0.1) is 0 Å². The molecule has 0 spiro atoms. The van der Waals surface area contributed by atoms with Crippen LogP contribution in [-0.2, 0) is 0 Å². The first-order valence-corrected chi connectivity index (χ1v) is 6.13. The number of halogens is 1. The van der Waals surface area contributed by atoms with E-state index in [1.807, 2.05) is 55.5 Å². The van der Waals surface area contributed by atoms with Crippen molar-refractivity contribution < 1.29 is 4.79 Å². The van der Waals surface area contributed by atoms with Crippen molar-refractivity contribution in [2.45, 2.75) is 6.92 Å². The number of rotatable bonds is 2. The number of ketones is 1. The van der Waals surface area contributed by atoms with E-state index >= 15 is 0 Å². The Labute approximate surface area is 109 Å². The molecule has 0 atom stereocenters. The molecule has 0 aromatic heterocycles. The predicted octanol–water partition coefficient (Wildman–Crippen LogP) is 3.83. The predicted molar refractivity (Wildman–Crippen MR) is 73.8 cm³/mol. The molecule has 2 rings (SSSR count). The molecule has 0 amide bonds. The first-order valence-electron chi connectivity index (χ1n) is 5.05. The van der Waals surface area contributed by atoms with E-state index in [2.05, 4.69) is 22.6 Å². The molecule has 0 heterocycles. The molecule has 0 bridgehead atoms. The second-order valence-corrected chi connectivity index (χ2v) is 4.71. The summed E-state index contributed by atoms with van der Waals surface area (Å²) in [4.78, 5) is 12.2. The van der Waals surface area contributed by atoms with Gasteiger partial charge < -0.3 is 0 Å². The van der Waals surface area contributed by atoms with E-state index in [-0.39, 0.29) is 5.78 Å². The average molecular weight is 322 g/mol. The van der Waals surface area contributed by atoms with Crippen LogP contribution in [0.4, 0.5) is 0 Å². The van der Waals surface area contributed by atoms with Gasteiger partial charge >= 0.3 is 0 Å². The molecular weight excluding hydrogens is 311 g/mol. The molecule has 2 heteroatoms. The molecule has 0 fully saturated rings. The van der Waals surface area contributed by atoms with Crippen LogP contribution in [0.15, 0.2) is 48.5 Å². The highest BCUT2D eigenvalue weighted by Gasteiger charge is 2.12. The monoisotopic (exact) mass is 322 g/mol. The molecule has 0 N–H and O–H groups in total. The summed E-state index contributed by atoms with van der Waals surface area (Å²) >= 11 is 2.23. The van der Waals surface area contributed by atoms with Gasteiger partial charge in [0, 0.05) is 14.7 Å². The van der Waals surface area contributed by atoms with E-state index in [4.69, 9.17) is 0 Å². The van der Waals surface area contributed by atoms with Crippen LogP contribution in [0, 0.1) is 10.5 Å². The van der Waals surface area contributed by atoms with Crippen molar-refractivity contribution in [3.05, 3.63) is 68.8 Å². The highest BCUT2D eigenvalue weighted by Crippen LogP contribution is 2.19. The largest absolute Gasteiger partial charge is 0.289 e. The van der Waals surface area contributed by atoms with Gasteiger partial charge in [-0.25, -0.2) is 0 Å². The lowest BCUT2D eigenvalue weighted by molar-refractivity contribution is 0.103. The molecule has 0 saturated carbocycles. The van der Waals surface area contributed by atoms with Crippen molar-refractivity contribution in [2.24, 2.45) is 0 Å². The fourth-order valence-electron chi connectivity index (χ4n) is 1.57. The minimum Gasteiger partial charge on any atom is -0.289 e. The van der Waals surface area contributed by atoms with Crippen LogP contribution in [-0.4, -0.2) is 5.78 Å². The van der Waals surface area contributed by atoms with Crippen LogP contribution in [0.3, 0.4) is 0 Å². The van der Waals surface area contributed by atoms with Crippen molar-refractivity contribution >= 4 is 28.4 Å². The quantitative estimate of drug-likeness (QED) is 0.607. The van der Waals surface area contributed by atoms with Crippen LogP contribution in [0.25, 0.3) is 0 Å². The molecule has 2 aromatic rings. The summed E-state index contributed by atoms with van der Waals surface area (Å²) in [6, 6.07) is 15.2. The maximum absolute atomic E-state index is 12.2. The topological polar surface area (TPSA) is 17.1 Å². The van der Waals surface area contributed by atoms with E-state index in [1.165, 1.54) is 0 Å². The zero-order valence-electron chi connectivity index (χ0n) is 8.91. The molecular formula is C14H11IO. The maximum Gasteiger partial charge on any atom is 0.194 e. The van der Waals surface area contributed by atoms with E-state index < -0.39 is 0 Å². The van der Waals surface area contributed by atoms with Crippen LogP contribution < -0.4 is 0 Å². The lowest BCUT2D eigenvalue weighted by Gasteiger charge is -2.05. The van der Waals surface area contributed by atoms with Crippen molar-refractivity contribution in [1.29, 1.82) is 0 Å². The fourth-order valence-corrected chi connectivity index (χ4v) is 2.17. The summed E-state index contributed by atoms with van der Waals surface area (Å²) in [7, 11) is 0. The lowest BCUT2D eigenvalue weighted by atomic mass is 10.0. The molecule has 1 nitrogen and oxygen atoms in total. The van der Waals surface area contributed by atoms with Gasteiger partial charge in [0.25, 0.3) is 0 Å². The highest BCUT2D eigenvalue weighted by atomic mass is 127. The standard InChI is InChI=1S/C14H11IO/c1-10-6-5-9-12(13(10)15)14(16)11-7-3-2-4-8-11/h2-9H,1H3. The Balaban J connectivity index is 2.46. The summed E-state index contributed by atoms with van der Waals surface area (Å²) in [5, 5.41) is 0. The third-order valence-electron chi connectivity index (χ3n) is 2.47. The lowest BCUT2D eigenvalue weighted by Crippen LogP contribution is -2.04. The zero-order chi connectivity index (χ0) is 11.5. The Morgan fingerprint density at radius 2 is 1.69 bits per heavy atom. The molecule has 0 radical (unpaired) electrons.